The van der Waals surface area contributed by atoms with Gasteiger partial charge >= 0.3 is 12.3 Å². The van der Waals surface area contributed by atoms with Crippen molar-refractivity contribution < 1.29 is 28.5 Å². The third-order valence-electron chi connectivity index (χ3n) is 1.16. The Balaban J connectivity index is -0.00000112. The van der Waals surface area contributed by atoms with Crippen molar-refractivity contribution in [1.82, 2.24) is 0 Å². The second kappa shape index (κ2) is 15.0. The van der Waals surface area contributed by atoms with Gasteiger partial charge in [0.25, 0.3) is 0 Å². The van der Waals surface area contributed by atoms with Crippen LogP contribution in [0.15, 0.2) is 25.3 Å². The molecular formula is C12H22O6. The van der Waals surface area contributed by atoms with Gasteiger partial charge in [0, 0.05) is 0 Å². The van der Waals surface area contributed by atoms with E-state index in [2.05, 4.69) is 32.1 Å². The summed E-state index contributed by atoms with van der Waals surface area (Å²) in [5.74, 6) is 0. The Hall–Kier alpha value is -1.98. The monoisotopic (exact) mass is 262 g/mol. The van der Waals surface area contributed by atoms with E-state index < -0.39 is 12.3 Å². The summed E-state index contributed by atoms with van der Waals surface area (Å²) in [6.07, 6.45) is 1.13. The first kappa shape index (κ1) is 21.3. The fourth-order valence-electron chi connectivity index (χ4n) is 0.587. The van der Waals surface area contributed by atoms with Crippen LogP contribution in [-0.2, 0) is 18.9 Å². The van der Waals surface area contributed by atoms with E-state index >= 15 is 0 Å². The lowest BCUT2D eigenvalue weighted by atomic mass is 10.7. The van der Waals surface area contributed by atoms with Crippen molar-refractivity contribution in [3.8, 4) is 0 Å². The lowest BCUT2D eigenvalue weighted by molar-refractivity contribution is 0.0246. The maximum Gasteiger partial charge on any atom is 0.508 e. The summed E-state index contributed by atoms with van der Waals surface area (Å²) >= 11 is 0. The van der Waals surface area contributed by atoms with Crippen LogP contribution in [0.25, 0.3) is 0 Å². The average molecular weight is 262 g/mol. The fraction of sp³-hybridized carbons (Fsp3) is 0.500. The molecule has 0 rings (SSSR count). The maximum atomic E-state index is 10.7. The zero-order valence-electron chi connectivity index (χ0n) is 8.85. The summed E-state index contributed by atoms with van der Waals surface area (Å²) in [6.45, 7) is 6.65. The van der Waals surface area contributed by atoms with Gasteiger partial charge in [0.05, 0.1) is 0 Å². The van der Waals surface area contributed by atoms with Gasteiger partial charge in [-0.2, -0.15) is 0 Å². The molecule has 0 heterocycles. The average Bonchev–Trinajstić information content (AvgIpc) is 2.29. The molecule has 0 N–H and O–H groups in total. The molecule has 0 saturated heterocycles. The highest BCUT2D eigenvalue weighted by atomic mass is 16.7. The van der Waals surface area contributed by atoms with Crippen LogP contribution in [0.5, 0.6) is 0 Å². The first-order chi connectivity index (χ1) is 7.70. The van der Waals surface area contributed by atoms with Crippen LogP contribution in [0.3, 0.4) is 0 Å². The van der Waals surface area contributed by atoms with E-state index in [1.165, 1.54) is 12.2 Å². The van der Waals surface area contributed by atoms with Crippen LogP contribution >= 0.6 is 0 Å². The maximum absolute atomic E-state index is 10.7. The summed E-state index contributed by atoms with van der Waals surface area (Å²) < 4.78 is 18.1. The highest BCUT2D eigenvalue weighted by molar-refractivity contribution is 5.60. The molecule has 0 radical (unpaired) electrons. The Morgan fingerprint density at radius 2 is 1.11 bits per heavy atom. The minimum absolute atomic E-state index is 0. The summed E-state index contributed by atoms with van der Waals surface area (Å²) in [4.78, 5) is 21.5. The Morgan fingerprint density at radius 3 is 1.39 bits per heavy atom. The Morgan fingerprint density at radius 1 is 0.778 bits per heavy atom. The smallest absolute Gasteiger partial charge is 0.431 e. The van der Waals surface area contributed by atoms with Gasteiger partial charge in [0.15, 0.2) is 0 Å². The van der Waals surface area contributed by atoms with Crippen molar-refractivity contribution in [2.24, 2.45) is 0 Å². The first-order valence-electron chi connectivity index (χ1n) is 4.51. The largest absolute Gasteiger partial charge is 0.508 e. The zero-order chi connectivity index (χ0) is 12.2. The van der Waals surface area contributed by atoms with Gasteiger partial charge in [-0.15, -0.1) is 0 Å². The first-order valence-corrected chi connectivity index (χ1v) is 4.51. The van der Waals surface area contributed by atoms with Crippen LogP contribution in [-0.4, -0.2) is 38.7 Å². The normalized spacial score (nSPS) is 7.78. The van der Waals surface area contributed by atoms with Crippen LogP contribution in [0.2, 0.25) is 0 Å². The van der Waals surface area contributed by atoms with Crippen LogP contribution < -0.4 is 0 Å². The third kappa shape index (κ3) is 14.0. The third-order valence-corrected chi connectivity index (χ3v) is 1.16. The molecule has 0 amide bonds. The second-order valence-corrected chi connectivity index (χ2v) is 2.40. The summed E-state index contributed by atoms with van der Waals surface area (Å²) in [5, 5.41) is 0. The molecule has 0 aromatic rings. The summed E-state index contributed by atoms with van der Waals surface area (Å²) in [5.41, 5.74) is 0. The number of ether oxygens (including phenoxy) is 4. The van der Waals surface area contributed by atoms with E-state index in [1.54, 1.807) is 0 Å². The number of carbonyl (C=O) groups excluding carboxylic acids is 2. The number of carbonyl (C=O) groups is 2. The van der Waals surface area contributed by atoms with Crippen molar-refractivity contribution in [3.05, 3.63) is 25.3 Å². The van der Waals surface area contributed by atoms with Crippen LogP contribution in [0.4, 0.5) is 9.59 Å². The molecule has 0 aliphatic rings. The fourth-order valence-corrected chi connectivity index (χ4v) is 0.587. The van der Waals surface area contributed by atoms with Gasteiger partial charge in [-0.05, 0) is 0 Å². The van der Waals surface area contributed by atoms with Gasteiger partial charge in [-0.1, -0.05) is 40.2 Å². The van der Waals surface area contributed by atoms with E-state index in [-0.39, 0.29) is 41.3 Å². The Bertz CT molecular complexity index is 223. The molecule has 0 aromatic heterocycles. The van der Waals surface area contributed by atoms with Crippen molar-refractivity contribution >= 4 is 12.3 Å². The lowest BCUT2D eigenvalue weighted by Gasteiger charge is -2.05. The van der Waals surface area contributed by atoms with Crippen molar-refractivity contribution in [3.63, 3.8) is 0 Å². The molecule has 0 fully saturated rings. The van der Waals surface area contributed by atoms with Gasteiger partial charge in [0.2, 0.25) is 0 Å². The van der Waals surface area contributed by atoms with E-state index in [9.17, 15) is 9.59 Å². The van der Waals surface area contributed by atoms with Crippen LogP contribution in [0.1, 0.15) is 14.9 Å². The van der Waals surface area contributed by atoms with Crippen molar-refractivity contribution in [2.75, 3.05) is 26.4 Å². The molecule has 0 atom stereocenters. The minimum Gasteiger partial charge on any atom is -0.431 e. The topological polar surface area (TPSA) is 71.1 Å². The van der Waals surface area contributed by atoms with E-state index in [0.717, 1.165) is 0 Å². The van der Waals surface area contributed by atoms with Crippen molar-refractivity contribution in [2.45, 2.75) is 14.9 Å². The molecule has 0 saturated carbocycles. The molecule has 0 bridgehead atoms. The van der Waals surface area contributed by atoms with Crippen molar-refractivity contribution in [1.29, 1.82) is 0 Å². The van der Waals surface area contributed by atoms with E-state index in [0.29, 0.717) is 0 Å². The van der Waals surface area contributed by atoms with E-state index in [4.69, 9.17) is 0 Å². The van der Waals surface area contributed by atoms with Gasteiger partial charge in [0.1, 0.15) is 26.4 Å². The Kier molecular flexibility index (Phi) is 17.8. The zero-order valence-corrected chi connectivity index (χ0v) is 8.85. The quantitative estimate of drug-likeness (QED) is 0.399. The molecule has 6 heteroatoms. The molecular weight excluding hydrogens is 240 g/mol. The molecule has 0 unspecified atom stereocenters. The molecule has 0 aliphatic carbocycles. The summed E-state index contributed by atoms with van der Waals surface area (Å²) in [6, 6.07) is 0. The highest BCUT2D eigenvalue weighted by Gasteiger charge is 2.05. The minimum atomic E-state index is -0.844. The van der Waals surface area contributed by atoms with Gasteiger partial charge in [-0.25, -0.2) is 9.59 Å². The molecule has 6 nitrogen and oxygen atoms in total. The molecule has 18 heavy (non-hydrogen) atoms. The molecule has 106 valence electrons. The second-order valence-electron chi connectivity index (χ2n) is 2.40. The highest BCUT2D eigenvalue weighted by Crippen LogP contribution is 1.89. The summed E-state index contributed by atoms with van der Waals surface area (Å²) in [7, 11) is 0. The SMILES string of the molecule is C.C.C=CCOC(=O)OCCOC(=O)OCC=C. The predicted octanol–water partition coefficient (Wildman–Crippen LogP) is 2.94. The standard InChI is InChI=1S/C10H14O6.2CH4/c1-3-5-13-9(11)15-7-8-16-10(12)14-6-4-2;;/h3-4H,1-2,5-8H2;2*1H4. The molecule has 0 spiro atoms. The van der Waals surface area contributed by atoms with E-state index in [1.807, 2.05) is 0 Å². The Labute approximate surface area is 108 Å². The number of rotatable bonds is 7. The predicted molar refractivity (Wildman–Crippen MR) is 68.5 cm³/mol. The van der Waals surface area contributed by atoms with Crippen LogP contribution in [0, 0.1) is 0 Å². The number of hydrogen-bond donors (Lipinski definition) is 0. The number of hydrogen-bond acceptors (Lipinski definition) is 6. The van der Waals surface area contributed by atoms with Gasteiger partial charge < -0.3 is 18.9 Å². The van der Waals surface area contributed by atoms with Gasteiger partial charge in [-0.3, -0.25) is 0 Å². The lowest BCUT2D eigenvalue weighted by Crippen LogP contribution is -2.15. The molecule has 0 aliphatic heterocycles. The molecule has 0 aromatic carbocycles.